The van der Waals surface area contributed by atoms with Gasteiger partial charge < -0.3 is 16.0 Å². The van der Waals surface area contributed by atoms with E-state index < -0.39 is 5.91 Å². The lowest BCUT2D eigenvalue weighted by atomic mass is 9.95. The number of amides is 3. The number of hydrogen-bond acceptors (Lipinski definition) is 4. The summed E-state index contributed by atoms with van der Waals surface area (Å²) >= 11 is 0. The molecule has 0 spiro atoms. The summed E-state index contributed by atoms with van der Waals surface area (Å²) in [6.45, 7) is 1.51. The van der Waals surface area contributed by atoms with E-state index in [0.29, 0.717) is 32.5 Å². The zero-order chi connectivity index (χ0) is 19.2. The first-order valence-corrected chi connectivity index (χ1v) is 8.91. The monoisotopic (exact) mass is 366 g/mol. The van der Waals surface area contributed by atoms with Gasteiger partial charge >= 0.3 is 0 Å². The number of nitrogens with zero attached hydrogens (tertiary/aromatic N) is 2. The van der Waals surface area contributed by atoms with Crippen molar-refractivity contribution in [3.05, 3.63) is 65.5 Å². The minimum atomic E-state index is -0.580. The second-order valence-electron chi connectivity index (χ2n) is 6.57. The van der Waals surface area contributed by atoms with Crippen LogP contribution >= 0.6 is 0 Å². The molecule has 2 aromatic rings. The van der Waals surface area contributed by atoms with Gasteiger partial charge in [-0.2, -0.15) is 0 Å². The average molecular weight is 366 g/mol. The fourth-order valence-electron chi connectivity index (χ4n) is 3.10. The molecule has 140 valence electrons. The van der Waals surface area contributed by atoms with E-state index in [-0.39, 0.29) is 29.0 Å². The number of hydrogen-bond donors (Lipinski definition) is 2. The molecule has 0 saturated carbocycles. The molecule has 7 nitrogen and oxygen atoms in total. The molecular formula is C20H22N4O3. The van der Waals surface area contributed by atoms with E-state index >= 15 is 0 Å². The van der Waals surface area contributed by atoms with Crippen LogP contribution in [0.15, 0.2) is 48.7 Å². The highest BCUT2D eigenvalue weighted by molar-refractivity contribution is 5.95. The van der Waals surface area contributed by atoms with Gasteiger partial charge in [0.25, 0.3) is 5.91 Å². The van der Waals surface area contributed by atoms with Gasteiger partial charge in [0, 0.05) is 31.7 Å². The van der Waals surface area contributed by atoms with Gasteiger partial charge in [0.2, 0.25) is 11.8 Å². The molecule has 3 rings (SSSR count). The Morgan fingerprint density at radius 2 is 1.78 bits per heavy atom. The fourth-order valence-corrected chi connectivity index (χ4v) is 3.10. The Hall–Kier alpha value is -3.22. The summed E-state index contributed by atoms with van der Waals surface area (Å²) in [7, 11) is 0. The lowest BCUT2D eigenvalue weighted by Crippen LogP contribution is -2.43. The van der Waals surface area contributed by atoms with E-state index in [9.17, 15) is 14.4 Å². The van der Waals surface area contributed by atoms with Crippen LogP contribution in [0, 0.1) is 5.92 Å². The van der Waals surface area contributed by atoms with Crippen LogP contribution < -0.4 is 11.1 Å². The quantitative estimate of drug-likeness (QED) is 0.833. The molecule has 0 unspecified atom stereocenters. The Kier molecular flexibility index (Phi) is 5.80. The molecule has 1 aliphatic rings. The van der Waals surface area contributed by atoms with Gasteiger partial charge in [0.1, 0.15) is 5.69 Å². The van der Waals surface area contributed by atoms with Gasteiger partial charge in [-0.05, 0) is 30.5 Å². The molecule has 1 saturated heterocycles. The average Bonchev–Trinajstić information content (AvgIpc) is 2.72. The van der Waals surface area contributed by atoms with Crippen LogP contribution in [0.1, 0.15) is 39.3 Å². The lowest BCUT2D eigenvalue weighted by Gasteiger charge is -2.31. The van der Waals surface area contributed by atoms with Crippen LogP contribution in [-0.4, -0.2) is 40.7 Å². The third-order valence-electron chi connectivity index (χ3n) is 4.73. The Morgan fingerprint density at radius 3 is 2.37 bits per heavy atom. The Labute approximate surface area is 157 Å². The van der Waals surface area contributed by atoms with Gasteiger partial charge in [-0.15, -0.1) is 0 Å². The molecule has 7 heteroatoms. The molecule has 1 aliphatic heterocycles. The molecule has 2 heterocycles. The van der Waals surface area contributed by atoms with Crippen LogP contribution in [0.5, 0.6) is 0 Å². The van der Waals surface area contributed by atoms with Crippen LogP contribution in [0.3, 0.4) is 0 Å². The van der Waals surface area contributed by atoms with Crippen molar-refractivity contribution in [3.8, 4) is 0 Å². The highest BCUT2D eigenvalue weighted by Crippen LogP contribution is 2.19. The lowest BCUT2D eigenvalue weighted by molar-refractivity contribution is -0.126. The number of primary amides is 1. The molecule has 1 aromatic carbocycles. The van der Waals surface area contributed by atoms with Crippen molar-refractivity contribution in [2.45, 2.75) is 19.4 Å². The van der Waals surface area contributed by atoms with E-state index in [1.807, 2.05) is 30.3 Å². The second kappa shape index (κ2) is 8.44. The van der Waals surface area contributed by atoms with Crippen molar-refractivity contribution in [2.24, 2.45) is 11.7 Å². The van der Waals surface area contributed by atoms with E-state index in [2.05, 4.69) is 10.3 Å². The summed E-state index contributed by atoms with van der Waals surface area (Å²) in [4.78, 5) is 41.6. The van der Waals surface area contributed by atoms with Crippen molar-refractivity contribution in [1.29, 1.82) is 0 Å². The van der Waals surface area contributed by atoms with Crippen LogP contribution in [0.4, 0.5) is 0 Å². The fraction of sp³-hybridized carbons (Fsp3) is 0.300. The normalized spacial score (nSPS) is 14.6. The maximum absolute atomic E-state index is 12.5. The first-order chi connectivity index (χ1) is 13.0. The minimum Gasteiger partial charge on any atom is -0.366 e. The number of aromatic nitrogens is 1. The summed E-state index contributed by atoms with van der Waals surface area (Å²) in [6.07, 6.45) is 2.54. The molecule has 0 bridgehead atoms. The number of carbonyl (C=O) groups excluding carboxylic acids is 3. The van der Waals surface area contributed by atoms with E-state index in [4.69, 9.17) is 5.73 Å². The topological polar surface area (TPSA) is 105 Å². The number of benzene rings is 1. The van der Waals surface area contributed by atoms with Crippen molar-refractivity contribution in [3.63, 3.8) is 0 Å². The molecule has 1 fully saturated rings. The zero-order valence-corrected chi connectivity index (χ0v) is 14.9. The number of nitrogens with one attached hydrogen (secondary N) is 1. The molecule has 0 radical (unpaired) electrons. The molecule has 3 amide bonds. The van der Waals surface area contributed by atoms with Gasteiger partial charge in [-0.3, -0.25) is 19.4 Å². The molecule has 0 atom stereocenters. The Balaban J connectivity index is 1.49. The minimum absolute atomic E-state index is 0.0230. The highest BCUT2D eigenvalue weighted by atomic mass is 16.2. The number of carbonyl (C=O) groups is 3. The SMILES string of the molecule is NC(=O)c1ccc(C(=O)N2CCC(C(=O)NCc3ccccc3)CC2)nc1. The Morgan fingerprint density at radius 1 is 1.07 bits per heavy atom. The van der Waals surface area contributed by atoms with E-state index in [1.165, 1.54) is 18.3 Å². The number of nitrogens with two attached hydrogens (primary N) is 1. The predicted octanol–water partition coefficient (Wildman–Crippen LogP) is 1.35. The van der Waals surface area contributed by atoms with Crippen LogP contribution in [-0.2, 0) is 11.3 Å². The predicted molar refractivity (Wildman–Crippen MR) is 99.7 cm³/mol. The smallest absolute Gasteiger partial charge is 0.272 e. The molecular weight excluding hydrogens is 344 g/mol. The van der Waals surface area contributed by atoms with Gasteiger partial charge in [0.15, 0.2) is 0 Å². The van der Waals surface area contributed by atoms with Gasteiger partial charge in [-0.25, -0.2) is 0 Å². The van der Waals surface area contributed by atoms with Crippen LogP contribution in [0.2, 0.25) is 0 Å². The highest BCUT2D eigenvalue weighted by Gasteiger charge is 2.28. The van der Waals surface area contributed by atoms with Gasteiger partial charge in [-0.1, -0.05) is 30.3 Å². The maximum Gasteiger partial charge on any atom is 0.272 e. The van der Waals surface area contributed by atoms with Crippen molar-refractivity contribution >= 4 is 17.7 Å². The first kappa shape index (κ1) is 18.6. The summed E-state index contributed by atoms with van der Waals surface area (Å²) in [5, 5.41) is 2.96. The second-order valence-corrected chi connectivity index (χ2v) is 6.57. The number of pyridine rings is 1. The van der Waals surface area contributed by atoms with Crippen molar-refractivity contribution in [1.82, 2.24) is 15.2 Å². The Bertz CT molecular complexity index is 813. The van der Waals surface area contributed by atoms with Crippen molar-refractivity contribution < 1.29 is 14.4 Å². The maximum atomic E-state index is 12.5. The standard InChI is InChI=1S/C20H22N4O3/c21-18(25)16-6-7-17(22-13-16)20(27)24-10-8-15(9-11-24)19(26)23-12-14-4-2-1-3-5-14/h1-7,13,15H,8-12H2,(H2,21,25)(H,23,26). The summed E-state index contributed by atoms with van der Waals surface area (Å²) < 4.78 is 0. The van der Waals surface area contributed by atoms with E-state index in [0.717, 1.165) is 5.56 Å². The number of rotatable bonds is 5. The molecule has 0 aliphatic carbocycles. The molecule has 1 aromatic heterocycles. The summed E-state index contributed by atoms with van der Waals surface area (Å²) in [5.41, 5.74) is 6.77. The summed E-state index contributed by atoms with van der Waals surface area (Å²) in [5.74, 6) is -0.851. The third-order valence-corrected chi connectivity index (χ3v) is 4.73. The van der Waals surface area contributed by atoms with Crippen molar-refractivity contribution in [2.75, 3.05) is 13.1 Å². The zero-order valence-electron chi connectivity index (χ0n) is 14.9. The van der Waals surface area contributed by atoms with Crippen LogP contribution in [0.25, 0.3) is 0 Å². The van der Waals surface area contributed by atoms with E-state index in [1.54, 1.807) is 4.90 Å². The summed E-state index contributed by atoms with van der Waals surface area (Å²) in [6, 6.07) is 12.8. The first-order valence-electron chi connectivity index (χ1n) is 8.91. The molecule has 3 N–H and O–H groups in total. The molecule has 27 heavy (non-hydrogen) atoms. The van der Waals surface area contributed by atoms with Gasteiger partial charge in [0.05, 0.1) is 5.56 Å². The number of piperidine rings is 1. The third kappa shape index (κ3) is 4.69. The number of likely N-dealkylation sites (tertiary alicyclic amines) is 1. The largest absolute Gasteiger partial charge is 0.366 e.